The number of hydrogen-bond acceptors (Lipinski definition) is 2. The number of carbonyl (C=O) groups excluding carboxylic acids is 1. The molecule has 1 N–H and O–H groups in total. The zero-order chi connectivity index (χ0) is 24.4. The van der Waals surface area contributed by atoms with Gasteiger partial charge in [0.05, 0.1) is 6.61 Å². The van der Waals surface area contributed by atoms with Gasteiger partial charge in [-0.15, -0.1) is 0 Å². The zero-order valence-corrected chi connectivity index (χ0v) is 21.9. The van der Waals surface area contributed by atoms with Crippen LogP contribution in [0, 0.1) is 6.92 Å². The van der Waals surface area contributed by atoms with Crippen molar-refractivity contribution < 1.29 is 14.1 Å². The molecule has 4 heteroatoms. The number of hydrogen-bond donors (Lipinski definition) is 1. The van der Waals surface area contributed by atoms with E-state index in [1.165, 1.54) is 70.6 Å². The molecule has 2 rings (SSSR count). The Morgan fingerprint density at radius 2 is 1.47 bits per heavy atom. The molecule has 0 spiro atoms. The van der Waals surface area contributed by atoms with E-state index in [4.69, 9.17) is 4.74 Å². The molecule has 0 saturated heterocycles. The molecule has 0 saturated carbocycles. The number of amides is 1. The fourth-order valence-electron chi connectivity index (χ4n) is 4.36. The van der Waals surface area contributed by atoms with Gasteiger partial charge < -0.3 is 10.1 Å². The van der Waals surface area contributed by atoms with E-state index in [-0.39, 0.29) is 5.91 Å². The maximum Gasteiger partial charge on any atom is 0.316 e. The molecule has 1 aromatic carbocycles. The highest BCUT2D eigenvalue weighted by Gasteiger charge is 2.17. The third-order valence-electron chi connectivity index (χ3n) is 6.61. The molecule has 0 atom stereocenters. The number of nitrogens with one attached hydrogen (secondary N) is 1. The van der Waals surface area contributed by atoms with Gasteiger partial charge in [-0.05, 0) is 43.5 Å². The largest absolute Gasteiger partial charge is 0.493 e. The van der Waals surface area contributed by atoms with Crippen molar-refractivity contribution in [2.75, 3.05) is 6.61 Å². The highest BCUT2D eigenvalue weighted by Crippen LogP contribution is 2.22. The van der Waals surface area contributed by atoms with Crippen LogP contribution in [0.25, 0.3) is 0 Å². The molecule has 0 aliphatic heterocycles. The summed E-state index contributed by atoms with van der Waals surface area (Å²) in [7, 11) is 0. The first kappa shape index (κ1) is 27.9. The molecule has 0 bridgehead atoms. The molecule has 0 radical (unpaired) electrons. The maximum atomic E-state index is 12.6. The van der Waals surface area contributed by atoms with Crippen molar-refractivity contribution in [3.8, 4) is 5.75 Å². The molecule has 0 aliphatic rings. The second-order valence-electron chi connectivity index (χ2n) is 9.33. The average molecular weight is 468 g/mol. The topological polar surface area (TPSA) is 42.2 Å². The summed E-state index contributed by atoms with van der Waals surface area (Å²) < 4.78 is 8.04. The summed E-state index contributed by atoms with van der Waals surface area (Å²) in [5.74, 6) is 0.878. The summed E-state index contributed by atoms with van der Waals surface area (Å²) in [5, 5.41) is 3.06. The highest BCUT2D eigenvalue weighted by molar-refractivity contribution is 5.90. The van der Waals surface area contributed by atoms with Crippen LogP contribution < -0.4 is 14.6 Å². The second-order valence-corrected chi connectivity index (χ2v) is 9.33. The van der Waals surface area contributed by atoms with Crippen LogP contribution in [0.1, 0.15) is 113 Å². The predicted molar refractivity (Wildman–Crippen MR) is 141 cm³/mol. The van der Waals surface area contributed by atoms with Crippen LogP contribution in [0.3, 0.4) is 0 Å². The Balaban J connectivity index is 1.62. The van der Waals surface area contributed by atoms with Crippen LogP contribution >= 0.6 is 0 Å². The lowest BCUT2D eigenvalue weighted by Gasteiger charge is -2.13. The minimum atomic E-state index is -0.0512. The minimum absolute atomic E-state index is 0.0512. The number of carbonyl (C=O) groups is 1. The van der Waals surface area contributed by atoms with Crippen molar-refractivity contribution in [2.24, 2.45) is 0 Å². The van der Waals surface area contributed by atoms with Crippen LogP contribution in [-0.4, -0.2) is 12.5 Å². The smallest absolute Gasteiger partial charge is 0.316 e. The van der Waals surface area contributed by atoms with Gasteiger partial charge in [-0.1, -0.05) is 89.7 Å². The van der Waals surface area contributed by atoms with E-state index in [2.05, 4.69) is 25.2 Å². The number of nitrogens with zero attached hydrogens (tertiary/aromatic N) is 1. The lowest BCUT2D eigenvalue weighted by atomic mass is 10.1. The average Bonchev–Trinajstić information content (AvgIpc) is 2.86. The van der Waals surface area contributed by atoms with E-state index in [0.717, 1.165) is 36.4 Å². The minimum Gasteiger partial charge on any atom is -0.493 e. The van der Waals surface area contributed by atoms with Crippen molar-refractivity contribution in [1.29, 1.82) is 0 Å². The lowest BCUT2D eigenvalue weighted by Crippen LogP contribution is -2.42. The molecule has 188 valence electrons. The summed E-state index contributed by atoms with van der Waals surface area (Å²) in [4.78, 5) is 12.6. The quantitative estimate of drug-likeness (QED) is 0.184. The van der Waals surface area contributed by atoms with Gasteiger partial charge in [0.1, 0.15) is 12.3 Å². The Bertz CT molecular complexity index is 834. The first-order valence-corrected chi connectivity index (χ1v) is 13.6. The number of aryl methyl sites for hydroxylation is 1. The van der Waals surface area contributed by atoms with Crippen molar-refractivity contribution >= 4 is 5.91 Å². The normalized spacial score (nSPS) is 10.9. The highest BCUT2D eigenvalue weighted by atomic mass is 16.5. The molecular weight excluding hydrogens is 420 g/mol. The molecule has 1 heterocycles. The van der Waals surface area contributed by atoms with Crippen LogP contribution in [0.5, 0.6) is 5.75 Å². The van der Waals surface area contributed by atoms with E-state index in [9.17, 15) is 4.79 Å². The number of pyridine rings is 1. The maximum absolute atomic E-state index is 12.6. The molecule has 0 aliphatic carbocycles. The SMILES string of the molecule is CCCCCCCCCCCCCCOc1cccc(CNC(=O)c2cccc[n+]2CC)c1C. The van der Waals surface area contributed by atoms with Gasteiger partial charge in [-0.3, -0.25) is 4.79 Å². The second kappa shape index (κ2) is 17.1. The van der Waals surface area contributed by atoms with E-state index in [1.54, 1.807) is 0 Å². The number of benzene rings is 1. The number of unbranched alkanes of at least 4 members (excludes halogenated alkanes) is 11. The first-order valence-electron chi connectivity index (χ1n) is 13.6. The standard InChI is InChI=1S/C30H46N2O2/c1-4-6-7-8-9-10-11-12-13-14-15-18-24-34-29-22-19-20-27(26(29)3)25-31-30(33)28-21-16-17-23-32(28)5-2/h16-17,19-23H,4-15,18,24-25H2,1-3H3/p+1. The summed E-state index contributed by atoms with van der Waals surface area (Å²) in [6.07, 6.45) is 18.1. The van der Waals surface area contributed by atoms with E-state index >= 15 is 0 Å². The van der Waals surface area contributed by atoms with Crippen molar-refractivity contribution in [3.63, 3.8) is 0 Å². The lowest BCUT2D eigenvalue weighted by molar-refractivity contribution is -0.695. The Morgan fingerprint density at radius 1 is 0.824 bits per heavy atom. The Hall–Kier alpha value is -2.36. The van der Waals surface area contributed by atoms with Crippen LogP contribution in [0.4, 0.5) is 0 Å². The van der Waals surface area contributed by atoms with Gasteiger partial charge in [0.15, 0.2) is 6.20 Å². The third kappa shape index (κ3) is 10.3. The monoisotopic (exact) mass is 467 g/mol. The van der Waals surface area contributed by atoms with Gasteiger partial charge in [-0.2, -0.15) is 4.57 Å². The van der Waals surface area contributed by atoms with Crippen molar-refractivity contribution in [1.82, 2.24) is 5.32 Å². The van der Waals surface area contributed by atoms with Gasteiger partial charge in [-0.25, -0.2) is 0 Å². The number of rotatable bonds is 18. The van der Waals surface area contributed by atoms with Crippen molar-refractivity contribution in [3.05, 3.63) is 59.4 Å². The fourth-order valence-corrected chi connectivity index (χ4v) is 4.36. The molecule has 0 fully saturated rings. The summed E-state index contributed by atoms with van der Waals surface area (Å²) in [6, 6.07) is 11.8. The predicted octanol–water partition coefficient (Wildman–Crippen LogP) is 7.31. The molecule has 1 amide bonds. The van der Waals surface area contributed by atoms with E-state index in [1.807, 2.05) is 48.0 Å². The van der Waals surface area contributed by atoms with Crippen LogP contribution in [0.2, 0.25) is 0 Å². The Labute approximate surface area is 208 Å². The molecule has 1 aromatic heterocycles. The van der Waals surface area contributed by atoms with Gasteiger partial charge in [0.25, 0.3) is 5.69 Å². The zero-order valence-electron chi connectivity index (χ0n) is 21.9. The summed E-state index contributed by atoms with van der Waals surface area (Å²) >= 11 is 0. The number of aromatic nitrogens is 1. The molecular formula is C30H47N2O2+. The molecule has 0 unspecified atom stereocenters. The molecule has 2 aromatic rings. The fraction of sp³-hybridized carbons (Fsp3) is 0.600. The van der Waals surface area contributed by atoms with E-state index < -0.39 is 0 Å². The van der Waals surface area contributed by atoms with Gasteiger partial charge in [0.2, 0.25) is 0 Å². The van der Waals surface area contributed by atoms with Gasteiger partial charge >= 0.3 is 5.91 Å². The van der Waals surface area contributed by atoms with E-state index in [0.29, 0.717) is 12.2 Å². The van der Waals surface area contributed by atoms with Crippen LogP contribution in [0.15, 0.2) is 42.6 Å². The van der Waals surface area contributed by atoms with Crippen molar-refractivity contribution in [2.45, 2.75) is 111 Å². The Kier molecular flexibility index (Phi) is 14.0. The van der Waals surface area contributed by atoms with Crippen LogP contribution in [-0.2, 0) is 13.1 Å². The Morgan fingerprint density at radius 3 is 2.12 bits per heavy atom. The molecule has 4 nitrogen and oxygen atoms in total. The number of ether oxygens (including phenoxy) is 1. The summed E-state index contributed by atoms with van der Waals surface area (Å²) in [5.41, 5.74) is 2.89. The molecule has 34 heavy (non-hydrogen) atoms. The summed E-state index contributed by atoms with van der Waals surface area (Å²) in [6.45, 7) is 8.42. The van der Waals surface area contributed by atoms with Gasteiger partial charge in [0, 0.05) is 18.7 Å². The third-order valence-corrected chi connectivity index (χ3v) is 6.61. The first-order chi connectivity index (χ1) is 16.7.